The lowest BCUT2D eigenvalue weighted by molar-refractivity contribution is -0.121. The molecule has 1 heterocycles. The zero-order chi connectivity index (χ0) is 23.1. The number of amides is 1. The summed E-state index contributed by atoms with van der Waals surface area (Å²) in [4.78, 5) is 17.6. The van der Waals surface area contributed by atoms with Crippen LogP contribution in [0.3, 0.4) is 0 Å². The van der Waals surface area contributed by atoms with Crippen molar-refractivity contribution in [2.24, 2.45) is 0 Å². The quantitative estimate of drug-likeness (QED) is 0.601. The van der Waals surface area contributed by atoms with Crippen LogP contribution in [0.25, 0.3) is 0 Å². The fourth-order valence-electron chi connectivity index (χ4n) is 3.74. The average molecular weight is 459 g/mol. The van der Waals surface area contributed by atoms with Gasteiger partial charge in [-0.15, -0.1) is 0 Å². The fraction of sp³-hybridized carbons (Fsp3) is 0.458. The van der Waals surface area contributed by atoms with Gasteiger partial charge in [0, 0.05) is 45.7 Å². The summed E-state index contributed by atoms with van der Waals surface area (Å²) in [6, 6.07) is 14.8. The summed E-state index contributed by atoms with van der Waals surface area (Å²) in [5.41, 5.74) is 3.01. The molecule has 0 spiro atoms. The minimum atomic E-state index is -3.65. The Hall–Kier alpha value is -2.26. The third kappa shape index (κ3) is 6.87. The molecule has 2 aromatic carbocycles. The molecule has 0 aromatic heterocycles. The third-order valence-electron chi connectivity index (χ3n) is 6.01. The van der Waals surface area contributed by atoms with Crippen LogP contribution >= 0.6 is 0 Å². The van der Waals surface area contributed by atoms with Crippen LogP contribution in [0.5, 0.6) is 0 Å². The first-order chi connectivity index (χ1) is 15.2. The number of likely N-dealkylation sites (N-methyl/N-ethyl adjacent to an activating group) is 1. The zero-order valence-corrected chi connectivity index (χ0v) is 20.0. The number of sulfonamides is 1. The molecule has 7 nitrogen and oxygen atoms in total. The van der Waals surface area contributed by atoms with Gasteiger partial charge < -0.3 is 10.2 Å². The molecule has 1 atom stereocenters. The highest BCUT2D eigenvalue weighted by Crippen LogP contribution is 2.16. The smallest absolute Gasteiger partial charge is 0.240 e. The molecule has 1 aliphatic heterocycles. The summed E-state index contributed by atoms with van der Waals surface area (Å²) < 4.78 is 27.7. The number of piperazine rings is 1. The lowest BCUT2D eigenvalue weighted by Gasteiger charge is -2.35. The Morgan fingerprint density at radius 3 is 2.34 bits per heavy atom. The van der Waals surface area contributed by atoms with E-state index in [0.717, 1.165) is 49.4 Å². The molecule has 1 amide bonds. The summed E-state index contributed by atoms with van der Waals surface area (Å²) >= 11 is 0. The first-order valence-corrected chi connectivity index (χ1v) is 12.5. The lowest BCUT2D eigenvalue weighted by Crippen LogP contribution is -2.48. The van der Waals surface area contributed by atoms with Crippen molar-refractivity contribution in [2.45, 2.75) is 31.2 Å². The molecule has 32 heavy (non-hydrogen) atoms. The van der Waals surface area contributed by atoms with Crippen molar-refractivity contribution in [2.75, 3.05) is 46.3 Å². The standard InChI is InChI=1S/C24H34N4O3S/c1-19-9-10-22(17-20(19)2)32(30,31)25-12-11-24(29)26-23(21-7-5-4-6-8-21)18-28-15-13-27(3)14-16-28/h4-10,17,23,25H,11-16,18H2,1-3H3,(H,26,29). The van der Waals surface area contributed by atoms with E-state index >= 15 is 0 Å². The summed E-state index contributed by atoms with van der Waals surface area (Å²) in [6.07, 6.45) is 0.0795. The Morgan fingerprint density at radius 1 is 1.00 bits per heavy atom. The van der Waals surface area contributed by atoms with E-state index in [1.807, 2.05) is 44.2 Å². The molecule has 0 bridgehead atoms. The van der Waals surface area contributed by atoms with Crippen LogP contribution in [-0.2, 0) is 14.8 Å². The Morgan fingerprint density at radius 2 is 1.69 bits per heavy atom. The second kappa shape index (κ2) is 11.0. The number of hydrogen-bond acceptors (Lipinski definition) is 5. The topological polar surface area (TPSA) is 81.7 Å². The Bertz CT molecular complexity index is 1000. The first-order valence-electron chi connectivity index (χ1n) is 11.1. The van der Waals surface area contributed by atoms with E-state index in [4.69, 9.17) is 0 Å². The Labute approximate surface area is 191 Å². The van der Waals surface area contributed by atoms with E-state index in [-0.39, 0.29) is 29.8 Å². The molecule has 0 saturated carbocycles. The Balaban J connectivity index is 1.57. The second-order valence-electron chi connectivity index (χ2n) is 8.53. The van der Waals surface area contributed by atoms with Crippen LogP contribution in [0, 0.1) is 13.8 Å². The minimum absolute atomic E-state index is 0.0527. The van der Waals surface area contributed by atoms with Crippen LogP contribution in [-0.4, -0.2) is 70.4 Å². The van der Waals surface area contributed by atoms with Crippen molar-refractivity contribution in [3.63, 3.8) is 0 Å². The molecule has 174 valence electrons. The fourth-order valence-corrected chi connectivity index (χ4v) is 4.85. The molecule has 8 heteroatoms. The van der Waals surface area contributed by atoms with Gasteiger partial charge in [0.25, 0.3) is 0 Å². The monoisotopic (exact) mass is 458 g/mol. The predicted octanol–water partition coefficient (Wildman–Crippen LogP) is 2.08. The van der Waals surface area contributed by atoms with E-state index in [1.165, 1.54) is 0 Å². The SMILES string of the molecule is Cc1ccc(S(=O)(=O)NCCC(=O)NC(CN2CCN(C)CC2)c2ccccc2)cc1C. The van der Waals surface area contributed by atoms with Crippen molar-refractivity contribution < 1.29 is 13.2 Å². The van der Waals surface area contributed by atoms with Crippen molar-refractivity contribution in [3.8, 4) is 0 Å². The van der Waals surface area contributed by atoms with Crippen LogP contribution in [0.2, 0.25) is 0 Å². The summed E-state index contributed by atoms with van der Waals surface area (Å²) in [6.45, 7) is 8.55. The van der Waals surface area contributed by atoms with Crippen LogP contribution in [0.15, 0.2) is 53.4 Å². The highest BCUT2D eigenvalue weighted by Gasteiger charge is 2.21. The number of benzene rings is 2. The van der Waals surface area contributed by atoms with Crippen LogP contribution in [0.1, 0.15) is 29.2 Å². The van der Waals surface area contributed by atoms with Crippen molar-refractivity contribution >= 4 is 15.9 Å². The zero-order valence-electron chi connectivity index (χ0n) is 19.2. The van der Waals surface area contributed by atoms with Crippen molar-refractivity contribution in [1.82, 2.24) is 19.8 Å². The molecule has 1 fully saturated rings. The summed E-state index contributed by atoms with van der Waals surface area (Å²) in [5.74, 6) is -0.171. The highest BCUT2D eigenvalue weighted by molar-refractivity contribution is 7.89. The van der Waals surface area contributed by atoms with Gasteiger partial charge in [0.05, 0.1) is 10.9 Å². The molecule has 0 aliphatic carbocycles. The van der Waals surface area contributed by atoms with Crippen LogP contribution in [0.4, 0.5) is 0 Å². The normalized spacial score (nSPS) is 16.6. The molecule has 2 aromatic rings. The van der Waals surface area contributed by atoms with Gasteiger partial charge in [-0.05, 0) is 49.7 Å². The first kappa shape index (κ1) is 24.4. The highest BCUT2D eigenvalue weighted by atomic mass is 32.2. The van der Waals surface area contributed by atoms with E-state index < -0.39 is 10.0 Å². The maximum atomic E-state index is 12.7. The molecule has 0 radical (unpaired) electrons. The largest absolute Gasteiger partial charge is 0.348 e. The van der Waals surface area contributed by atoms with E-state index in [9.17, 15) is 13.2 Å². The van der Waals surface area contributed by atoms with Crippen LogP contribution < -0.4 is 10.0 Å². The van der Waals surface area contributed by atoms with E-state index in [0.29, 0.717) is 0 Å². The molecule has 1 aliphatic rings. The minimum Gasteiger partial charge on any atom is -0.348 e. The molecule has 1 unspecified atom stereocenters. The van der Waals surface area contributed by atoms with Gasteiger partial charge in [-0.2, -0.15) is 0 Å². The van der Waals surface area contributed by atoms with Gasteiger partial charge >= 0.3 is 0 Å². The maximum absolute atomic E-state index is 12.7. The van der Waals surface area contributed by atoms with Gasteiger partial charge in [-0.1, -0.05) is 36.4 Å². The Kier molecular flexibility index (Phi) is 8.42. The molecule has 2 N–H and O–H groups in total. The average Bonchev–Trinajstić information content (AvgIpc) is 2.77. The molecular weight excluding hydrogens is 424 g/mol. The van der Waals surface area contributed by atoms with E-state index in [2.05, 4.69) is 26.9 Å². The summed E-state index contributed by atoms with van der Waals surface area (Å²) in [5, 5.41) is 3.11. The molecular formula is C24H34N4O3S. The van der Waals surface area contributed by atoms with Gasteiger partial charge in [-0.3, -0.25) is 9.69 Å². The summed E-state index contributed by atoms with van der Waals surface area (Å²) in [7, 11) is -1.53. The maximum Gasteiger partial charge on any atom is 0.240 e. The van der Waals surface area contributed by atoms with Gasteiger partial charge in [0.2, 0.25) is 15.9 Å². The van der Waals surface area contributed by atoms with Gasteiger partial charge in [-0.25, -0.2) is 13.1 Å². The number of nitrogens with zero attached hydrogens (tertiary/aromatic N) is 2. The lowest BCUT2D eigenvalue weighted by atomic mass is 10.1. The number of hydrogen-bond donors (Lipinski definition) is 2. The molecule has 3 rings (SSSR count). The predicted molar refractivity (Wildman–Crippen MR) is 127 cm³/mol. The van der Waals surface area contributed by atoms with Crippen molar-refractivity contribution in [1.29, 1.82) is 0 Å². The van der Waals surface area contributed by atoms with Crippen molar-refractivity contribution in [3.05, 3.63) is 65.2 Å². The molecule has 1 saturated heterocycles. The van der Waals surface area contributed by atoms with Gasteiger partial charge in [0.1, 0.15) is 0 Å². The number of nitrogens with one attached hydrogen (secondary N) is 2. The number of carbonyl (C=O) groups excluding carboxylic acids is 1. The van der Waals surface area contributed by atoms with E-state index in [1.54, 1.807) is 18.2 Å². The van der Waals surface area contributed by atoms with Gasteiger partial charge in [0.15, 0.2) is 0 Å². The number of rotatable bonds is 9. The second-order valence-corrected chi connectivity index (χ2v) is 10.3. The number of carbonyl (C=O) groups is 1. The third-order valence-corrected chi connectivity index (χ3v) is 7.47. The number of aryl methyl sites for hydroxylation is 2.